The number of nitrogens with one attached hydrogen (secondary N) is 1. The third-order valence-electron chi connectivity index (χ3n) is 7.59. The number of aromatic nitrogens is 4. The van der Waals surface area contributed by atoms with Crippen molar-refractivity contribution in [3.8, 4) is 22.3 Å². The van der Waals surface area contributed by atoms with Crippen molar-refractivity contribution in [2.75, 3.05) is 5.73 Å². The fourth-order valence-electron chi connectivity index (χ4n) is 5.66. The molecule has 40 heavy (non-hydrogen) atoms. The zero-order valence-corrected chi connectivity index (χ0v) is 21.8. The fraction of sp³-hybridized carbons (Fsp3) is 0.0286. The molecule has 0 amide bonds. The molecular formula is C35H27N5. The van der Waals surface area contributed by atoms with Gasteiger partial charge < -0.3 is 10.7 Å². The number of nitrogen functional groups attached to an aromatic ring is 1. The maximum atomic E-state index is 5.91. The molecule has 5 heteroatoms. The van der Waals surface area contributed by atoms with E-state index < -0.39 is 5.54 Å². The zero-order chi connectivity index (χ0) is 26.9. The summed E-state index contributed by atoms with van der Waals surface area (Å²) < 4.78 is 2.10. The molecule has 3 heterocycles. The van der Waals surface area contributed by atoms with E-state index in [0.29, 0.717) is 0 Å². The van der Waals surface area contributed by atoms with Crippen LogP contribution in [0, 0.1) is 0 Å². The number of rotatable bonds is 6. The summed E-state index contributed by atoms with van der Waals surface area (Å²) in [6.07, 6.45) is 8.00. The van der Waals surface area contributed by atoms with Crippen molar-refractivity contribution in [1.29, 1.82) is 0 Å². The number of hydrogen-bond acceptors (Lipinski definition) is 3. The Labute approximate surface area is 232 Å². The summed E-state index contributed by atoms with van der Waals surface area (Å²) in [6, 6.07) is 41.8. The predicted molar refractivity (Wildman–Crippen MR) is 162 cm³/mol. The summed E-state index contributed by atoms with van der Waals surface area (Å²) in [5.74, 6) is 0. The summed E-state index contributed by atoms with van der Waals surface area (Å²) in [6.45, 7) is 0. The molecule has 192 valence electrons. The number of benzene rings is 4. The highest BCUT2D eigenvalue weighted by Gasteiger charge is 2.39. The van der Waals surface area contributed by atoms with Gasteiger partial charge in [0.15, 0.2) is 0 Å². The van der Waals surface area contributed by atoms with E-state index in [1.54, 1.807) is 0 Å². The number of pyridine rings is 1. The first-order valence-electron chi connectivity index (χ1n) is 13.3. The average Bonchev–Trinajstić information content (AvgIpc) is 3.67. The molecule has 0 unspecified atom stereocenters. The topological polar surface area (TPSA) is 72.5 Å². The highest BCUT2D eigenvalue weighted by Crippen LogP contribution is 2.41. The first kappa shape index (κ1) is 23.7. The van der Waals surface area contributed by atoms with Gasteiger partial charge in [-0.25, -0.2) is 4.98 Å². The Kier molecular flexibility index (Phi) is 5.75. The Morgan fingerprint density at radius 2 is 1.20 bits per heavy atom. The minimum absolute atomic E-state index is 0.665. The van der Waals surface area contributed by atoms with Gasteiger partial charge in [0, 0.05) is 46.4 Å². The molecular weight excluding hydrogens is 490 g/mol. The summed E-state index contributed by atoms with van der Waals surface area (Å²) in [5, 5.41) is 6.08. The van der Waals surface area contributed by atoms with Crippen LogP contribution in [0.1, 0.15) is 16.7 Å². The second-order valence-corrected chi connectivity index (χ2v) is 9.93. The first-order valence-corrected chi connectivity index (χ1v) is 13.3. The molecule has 0 spiro atoms. The highest BCUT2D eigenvalue weighted by molar-refractivity contribution is 5.95. The van der Waals surface area contributed by atoms with Crippen molar-refractivity contribution in [3.05, 3.63) is 163 Å². The average molecular weight is 518 g/mol. The van der Waals surface area contributed by atoms with Crippen molar-refractivity contribution in [2.45, 2.75) is 5.54 Å². The lowest BCUT2D eigenvalue weighted by atomic mass is 9.77. The van der Waals surface area contributed by atoms with Crippen LogP contribution >= 0.6 is 0 Å². The molecule has 0 aliphatic heterocycles. The maximum absolute atomic E-state index is 5.91. The Bertz CT molecular complexity index is 1790. The molecule has 3 N–H and O–H groups in total. The van der Waals surface area contributed by atoms with Crippen LogP contribution in [0.5, 0.6) is 0 Å². The number of fused-ring (bicyclic) bond motifs is 1. The van der Waals surface area contributed by atoms with Crippen molar-refractivity contribution >= 4 is 16.7 Å². The molecule has 0 fully saturated rings. The standard InChI is InChI=1S/C35H27N5/c36-31-18-16-25(17-19-31)26-20-32-33(23-38-34(32)37-21-26)27-22-39-40(24-27)35(28-10-4-1-5-11-28,29-12-6-2-7-13-29)30-14-8-3-9-15-30/h1-24H,36H2,(H,37,38). The minimum Gasteiger partial charge on any atom is -0.399 e. The van der Waals surface area contributed by atoms with Crippen molar-refractivity contribution in [2.24, 2.45) is 0 Å². The van der Waals surface area contributed by atoms with E-state index >= 15 is 0 Å². The molecule has 0 bridgehead atoms. The molecule has 4 aromatic carbocycles. The number of anilines is 1. The van der Waals surface area contributed by atoms with Gasteiger partial charge in [-0.15, -0.1) is 0 Å². The SMILES string of the molecule is Nc1ccc(-c2cnc3[nH]cc(-c4cnn(C(c5ccccc5)(c5ccccc5)c5ccccc5)c4)c3c2)cc1. The van der Waals surface area contributed by atoms with Gasteiger partial charge in [0.2, 0.25) is 0 Å². The number of hydrogen-bond donors (Lipinski definition) is 2. The van der Waals surface area contributed by atoms with E-state index in [9.17, 15) is 0 Å². The second-order valence-electron chi connectivity index (χ2n) is 9.93. The molecule has 0 atom stereocenters. The molecule has 0 aliphatic rings. The van der Waals surface area contributed by atoms with Crippen LogP contribution in [0.15, 0.2) is 146 Å². The minimum atomic E-state index is -0.665. The van der Waals surface area contributed by atoms with E-state index in [-0.39, 0.29) is 0 Å². The Hall–Kier alpha value is -5.42. The molecule has 0 radical (unpaired) electrons. The Morgan fingerprint density at radius 3 is 1.77 bits per heavy atom. The Balaban J connectivity index is 1.43. The van der Waals surface area contributed by atoms with Crippen LogP contribution in [-0.2, 0) is 5.54 Å². The maximum Gasteiger partial charge on any atom is 0.138 e. The van der Waals surface area contributed by atoms with Gasteiger partial charge in [0.1, 0.15) is 11.2 Å². The fourth-order valence-corrected chi connectivity index (χ4v) is 5.66. The van der Waals surface area contributed by atoms with Gasteiger partial charge in [0.05, 0.1) is 6.20 Å². The number of nitrogens with zero attached hydrogens (tertiary/aromatic N) is 3. The van der Waals surface area contributed by atoms with Gasteiger partial charge in [-0.2, -0.15) is 5.10 Å². The second kappa shape index (κ2) is 9.71. The molecule has 0 saturated carbocycles. The molecule has 0 saturated heterocycles. The summed E-state index contributed by atoms with van der Waals surface area (Å²) in [4.78, 5) is 8.06. The predicted octanol–water partition coefficient (Wildman–Crippen LogP) is 7.52. The van der Waals surface area contributed by atoms with Crippen molar-refractivity contribution in [3.63, 3.8) is 0 Å². The first-order chi connectivity index (χ1) is 19.7. The molecule has 0 aliphatic carbocycles. The van der Waals surface area contributed by atoms with Crippen LogP contribution < -0.4 is 5.73 Å². The Morgan fingerprint density at radius 1 is 0.625 bits per heavy atom. The number of aromatic amines is 1. The summed E-state index contributed by atoms with van der Waals surface area (Å²) in [5.41, 5.74) is 14.4. The van der Waals surface area contributed by atoms with Crippen molar-refractivity contribution in [1.82, 2.24) is 19.7 Å². The van der Waals surface area contributed by atoms with Crippen LogP contribution in [0.25, 0.3) is 33.3 Å². The summed E-state index contributed by atoms with van der Waals surface area (Å²) in [7, 11) is 0. The van der Waals surface area contributed by atoms with Gasteiger partial charge in [-0.05, 0) is 40.5 Å². The van der Waals surface area contributed by atoms with Crippen molar-refractivity contribution < 1.29 is 0 Å². The highest BCUT2D eigenvalue weighted by atomic mass is 15.3. The quantitative estimate of drug-likeness (QED) is 0.177. The summed E-state index contributed by atoms with van der Waals surface area (Å²) >= 11 is 0. The monoisotopic (exact) mass is 517 g/mol. The zero-order valence-electron chi connectivity index (χ0n) is 21.8. The lowest BCUT2D eigenvalue weighted by Gasteiger charge is -2.36. The number of nitrogens with two attached hydrogens (primary N) is 1. The molecule has 5 nitrogen and oxygen atoms in total. The largest absolute Gasteiger partial charge is 0.399 e. The van der Waals surface area contributed by atoms with Gasteiger partial charge in [-0.3, -0.25) is 4.68 Å². The van der Waals surface area contributed by atoms with Crippen LogP contribution in [0.4, 0.5) is 5.69 Å². The van der Waals surface area contributed by atoms with E-state index in [0.717, 1.165) is 55.7 Å². The molecule has 3 aromatic heterocycles. The van der Waals surface area contributed by atoms with Gasteiger partial charge in [0.25, 0.3) is 0 Å². The van der Waals surface area contributed by atoms with Crippen LogP contribution in [0.3, 0.4) is 0 Å². The normalized spacial score (nSPS) is 11.6. The lowest BCUT2D eigenvalue weighted by Crippen LogP contribution is -2.38. The van der Waals surface area contributed by atoms with Gasteiger partial charge >= 0.3 is 0 Å². The van der Waals surface area contributed by atoms with Crippen LogP contribution in [-0.4, -0.2) is 19.7 Å². The third kappa shape index (κ3) is 3.87. The van der Waals surface area contributed by atoms with Gasteiger partial charge in [-0.1, -0.05) is 103 Å². The molecule has 7 aromatic rings. The number of H-pyrrole nitrogens is 1. The third-order valence-corrected chi connectivity index (χ3v) is 7.59. The smallest absolute Gasteiger partial charge is 0.138 e. The van der Waals surface area contributed by atoms with E-state index in [1.807, 2.05) is 42.9 Å². The molecule has 7 rings (SSSR count). The van der Waals surface area contributed by atoms with Crippen LogP contribution in [0.2, 0.25) is 0 Å². The lowest BCUT2D eigenvalue weighted by molar-refractivity contribution is 0.460. The van der Waals surface area contributed by atoms with E-state index in [4.69, 9.17) is 15.8 Å². The van der Waals surface area contributed by atoms with E-state index in [1.165, 1.54) is 0 Å². The van der Waals surface area contributed by atoms with E-state index in [2.05, 4.69) is 113 Å².